The second kappa shape index (κ2) is 7.95. The number of hydrogen-bond acceptors (Lipinski definition) is 4. The maximum absolute atomic E-state index is 10.5. The van der Waals surface area contributed by atoms with Gasteiger partial charge in [-0.05, 0) is 24.6 Å². The summed E-state index contributed by atoms with van der Waals surface area (Å²) in [6.45, 7) is 4.89. The average molecular weight is 325 g/mol. The van der Waals surface area contributed by atoms with Gasteiger partial charge >= 0.3 is 0 Å². The van der Waals surface area contributed by atoms with Crippen LogP contribution >= 0.6 is 0 Å². The Balaban J connectivity index is 1.75. The first-order chi connectivity index (χ1) is 11.8. The van der Waals surface area contributed by atoms with Crippen molar-refractivity contribution >= 4 is 0 Å². The van der Waals surface area contributed by atoms with E-state index in [1.54, 1.807) is 18.4 Å². The predicted molar refractivity (Wildman–Crippen MR) is 92.1 cm³/mol. The number of aryl methyl sites for hydroxylation is 1. The molecule has 2 heterocycles. The molecule has 1 unspecified atom stereocenters. The summed E-state index contributed by atoms with van der Waals surface area (Å²) in [4.78, 5) is 6.65. The molecular formula is C19H23N3O2. The number of aliphatic hydroxyl groups is 1. The molecule has 0 bridgehead atoms. The summed E-state index contributed by atoms with van der Waals surface area (Å²) in [5.74, 6) is 1.59. The van der Waals surface area contributed by atoms with Crippen molar-refractivity contribution in [1.82, 2.24) is 14.5 Å². The summed E-state index contributed by atoms with van der Waals surface area (Å²) >= 11 is 0. The van der Waals surface area contributed by atoms with Crippen LogP contribution in [0.2, 0.25) is 0 Å². The van der Waals surface area contributed by atoms with Crippen molar-refractivity contribution in [2.24, 2.45) is 0 Å². The monoisotopic (exact) mass is 325 g/mol. The number of rotatable bonds is 8. The highest BCUT2D eigenvalue weighted by Crippen LogP contribution is 2.18. The summed E-state index contributed by atoms with van der Waals surface area (Å²) < 4.78 is 7.45. The molecule has 0 aliphatic heterocycles. The Morgan fingerprint density at radius 1 is 1.17 bits per heavy atom. The Morgan fingerprint density at radius 3 is 2.71 bits per heavy atom. The van der Waals surface area contributed by atoms with E-state index in [1.165, 1.54) is 5.56 Å². The largest absolute Gasteiger partial charge is 0.467 e. The summed E-state index contributed by atoms with van der Waals surface area (Å²) in [5, 5.41) is 10.5. The van der Waals surface area contributed by atoms with Gasteiger partial charge in [0.25, 0.3) is 0 Å². The van der Waals surface area contributed by atoms with Gasteiger partial charge in [-0.25, -0.2) is 4.98 Å². The first-order valence-electron chi connectivity index (χ1n) is 8.24. The lowest BCUT2D eigenvalue weighted by atomic mass is 10.2. The molecule has 0 saturated heterocycles. The highest BCUT2D eigenvalue weighted by molar-refractivity contribution is 5.15. The van der Waals surface area contributed by atoms with Gasteiger partial charge in [0.2, 0.25) is 0 Å². The normalized spacial score (nSPS) is 12.6. The van der Waals surface area contributed by atoms with Gasteiger partial charge in [-0.3, -0.25) is 4.90 Å². The molecule has 5 nitrogen and oxygen atoms in total. The molecule has 0 fully saturated rings. The van der Waals surface area contributed by atoms with Crippen molar-refractivity contribution in [3.63, 3.8) is 0 Å². The molecule has 1 atom stereocenters. The van der Waals surface area contributed by atoms with Gasteiger partial charge in [-0.1, -0.05) is 30.3 Å². The molecule has 0 amide bonds. The Kier molecular flexibility index (Phi) is 5.46. The second-order valence-corrected chi connectivity index (χ2v) is 5.82. The summed E-state index contributed by atoms with van der Waals surface area (Å²) in [6, 6.07) is 13.9. The van der Waals surface area contributed by atoms with Crippen LogP contribution in [-0.2, 0) is 19.6 Å². The summed E-state index contributed by atoms with van der Waals surface area (Å²) in [5.41, 5.74) is 1.21. The zero-order valence-corrected chi connectivity index (χ0v) is 13.9. The Hall–Kier alpha value is -2.37. The third-order valence-corrected chi connectivity index (χ3v) is 4.06. The SMILES string of the molecule is CCn1ccnc1CN(Cc1ccccc1)CC(O)c1ccco1. The van der Waals surface area contributed by atoms with Gasteiger partial charge in [0.15, 0.2) is 0 Å². The summed E-state index contributed by atoms with van der Waals surface area (Å²) in [6.07, 6.45) is 4.74. The van der Waals surface area contributed by atoms with Gasteiger partial charge in [0.05, 0.1) is 12.8 Å². The van der Waals surface area contributed by atoms with E-state index in [1.807, 2.05) is 30.6 Å². The fraction of sp³-hybridized carbons (Fsp3) is 0.316. The van der Waals surface area contributed by atoms with Crippen molar-refractivity contribution in [2.45, 2.75) is 32.7 Å². The second-order valence-electron chi connectivity index (χ2n) is 5.82. The minimum atomic E-state index is -0.659. The minimum absolute atomic E-state index is 0.485. The van der Waals surface area contributed by atoms with Gasteiger partial charge in [-0.2, -0.15) is 0 Å². The van der Waals surface area contributed by atoms with Crippen LogP contribution in [0.1, 0.15) is 30.2 Å². The zero-order chi connectivity index (χ0) is 16.8. The van der Waals surface area contributed by atoms with E-state index < -0.39 is 6.10 Å². The van der Waals surface area contributed by atoms with E-state index >= 15 is 0 Å². The van der Waals surface area contributed by atoms with E-state index in [4.69, 9.17) is 4.42 Å². The van der Waals surface area contributed by atoms with Crippen LogP contribution in [-0.4, -0.2) is 26.1 Å². The molecule has 0 aliphatic carbocycles. The van der Waals surface area contributed by atoms with Crippen LogP contribution in [0.4, 0.5) is 0 Å². The molecule has 3 rings (SSSR count). The highest BCUT2D eigenvalue weighted by Gasteiger charge is 2.18. The topological polar surface area (TPSA) is 54.4 Å². The standard InChI is InChI=1S/C19H23N3O2/c1-2-22-11-10-20-19(22)15-21(13-16-7-4-3-5-8-16)14-17(23)18-9-6-12-24-18/h3-12,17,23H,2,13-15H2,1H3. The molecule has 0 spiro atoms. The molecule has 126 valence electrons. The predicted octanol–water partition coefficient (Wildman–Crippen LogP) is 3.23. The molecule has 0 radical (unpaired) electrons. The van der Waals surface area contributed by atoms with Gasteiger partial charge in [0, 0.05) is 32.0 Å². The molecule has 3 aromatic rings. The Morgan fingerprint density at radius 2 is 2.00 bits per heavy atom. The van der Waals surface area contributed by atoms with Crippen LogP contribution in [0.3, 0.4) is 0 Å². The lowest BCUT2D eigenvalue weighted by molar-refractivity contribution is 0.0854. The van der Waals surface area contributed by atoms with Crippen molar-refractivity contribution in [1.29, 1.82) is 0 Å². The van der Waals surface area contributed by atoms with E-state index in [0.29, 0.717) is 18.8 Å². The molecular weight excluding hydrogens is 302 g/mol. The first-order valence-corrected chi connectivity index (χ1v) is 8.24. The van der Waals surface area contributed by atoms with Gasteiger partial charge < -0.3 is 14.1 Å². The van der Waals surface area contributed by atoms with E-state index in [-0.39, 0.29) is 0 Å². The van der Waals surface area contributed by atoms with Crippen molar-refractivity contribution in [3.05, 3.63) is 78.3 Å². The minimum Gasteiger partial charge on any atom is -0.467 e. The molecule has 1 aromatic carbocycles. The molecule has 5 heteroatoms. The van der Waals surface area contributed by atoms with Crippen molar-refractivity contribution in [3.8, 4) is 0 Å². The number of benzene rings is 1. The fourth-order valence-electron chi connectivity index (χ4n) is 2.82. The van der Waals surface area contributed by atoms with Crippen LogP contribution in [0.5, 0.6) is 0 Å². The number of aromatic nitrogens is 2. The highest BCUT2D eigenvalue weighted by atomic mass is 16.4. The van der Waals surface area contributed by atoms with Crippen LogP contribution in [0.25, 0.3) is 0 Å². The van der Waals surface area contributed by atoms with Gasteiger partial charge in [-0.15, -0.1) is 0 Å². The number of furan rings is 1. The van der Waals surface area contributed by atoms with Crippen LogP contribution in [0, 0.1) is 0 Å². The van der Waals surface area contributed by atoms with E-state index in [0.717, 1.165) is 18.9 Å². The molecule has 0 aliphatic rings. The fourth-order valence-corrected chi connectivity index (χ4v) is 2.82. The third kappa shape index (κ3) is 4.13. The maximum atomic E-state index is 10.5. The molecule has 1 N–H and O–H groups in total. The number of aliphatic hydroxyl groups excluding tert-OH is 1. The number of imidazole rings is 1. The van der Waals surface area contributed by atoms with Crippen LogP contribution in [0.15, 0.2) is 65.5 Å². The first kappa shape index (κ1) is 16.5. The average Bonchev–Trinajstić information content (AvgIpc) is 3.27. The van der Waals surface area contributed by atoms with Gasteiger partial charge in [0.1, 0.15) is 17.7 Å². The Labute approximate surface area is 142 Å². The van der Waals surface area contributed by atoms with Crippen LogP contribution < -0.4 is 0 Å². The number of nitrogens with zero attached hydrogens (tertiary/aromatic N) is 3. The smallest absolute Gasteiger partial charge is 0.133 e. The number of hydrogen-bond donors (Lipinski definition) is 1. The maximum Gasteiger partial charge on any atom is 0.133 e. The molecule has 24 heavy (non-hydrogen) atoms. The summed E-state index contributed by atoms with van der Waals surface area (Å²) in [7, 11) is 0. The lowest BCUT2D eigenvalue weighted by Gasteiger charge is -2.24. The van der Waals surface area contributed by atoms with Crippen molar-refractivity contribution < 1.29 is 9.52 Å². The molecule has 0 saturated carbocycles. The molecule has 2 aromatic heterocycles. The van der Waals surface area contributed by atoms with E-state index in [2.05, 4.69) is 33.5 Å². The van der Waals surface area contributed by atoms with E-state index in [9.17, 15) is 5.11 Å². The third-order valence-electron chi connectivity index (χ3n) is 4.06. The lowest BCUT2D eigenvalue weighted by Crippen LogP contribution is -2.29. The zero-order valence-electron chi connectivity index (χ0n) is 13.9. The van der Waals surface area contributed by atoms with Crippen molar-refractivity contribution in [2.75, 3.05) is 6.54 Å². The Bertz CT molecular complexity index is 722. The quantitative estimate of drug-likeness (QED) is 0.691.